The van der Waals surface area contributed by atoms with Crippen LogP contribution in [0.2, 0.25) is 0 Å². The van der Waals surface area contributed by atoms with Gasteiger partial charge in [-0.15, -0.1) is 24.0 Å². The molecule has 0 radical (unpaired) electrons. The summed E-state index contributed by atoms with van der Waals surface area (Å²) in [4.78, 5) is 22.6. The normalized spacial score (nSPS) is 15.1. The summed E-state index contributed by atoms with van der Waals surface area (Å²) in [5, 5.41) is 6.40. The summed E-state index contributed by atoms with van der Waals surface area (Å²) in [5.74, 6) is 0.227. The van der Waals surface area contributed by atoms with Crippen LogP contribution >= 0.6 is 24.0 Å². The average molecular weight is 423 g/mol. The Morgan fingerprint density at radius 1 is 1.34 bits per heavy atom. The van der Waals surface area contributed by atoms with E-state index >= 15 is 0 Å². The predicted octanol–water partition coefficient (Wildman–Crippen LogP) is 5.12. The van der Waals surface area contributed by atoms with Crippen LogP contribution < -0.4 is 5.32 Å². The number of amides is 1. The molecule has 1 aliphatic carbocycles. The summed E-state index contributed by atoms with van der Waals surface area (Å²) >= 11 is 5.70. The van der Waals surface area contributed by atoms with Gasteiger partial charge in [-0.1, -0.05) is 24.3 Å². The van der Waals surface area contributed by atoms with E-state index in [9.17, 15) is 4.79 Å². The van der Waals surface area contributed by atoms with Crippen molar-refractivity contribution < 1.29 is 4.79 Å². The highest BCUT2D eigenvalue weighted by Crippen LogP contribution is 2.37. The van der Waals surface area contributed by atoms with Gasteiger partial charge in [0.2, 0.25) is 0 Å². The fraction of sp³-hybridized carbons (Fsp3) is 0.227. The van der Waals surface area contributed by atoms with Crippen molar-refractivity contribution in [2.24, 2.45) is 10.9 Å². The van der Waals surface area contributed by atoms with Crippen LogP contribution in [-0.2, 0) is 0 Å². The maximum Gasteiger partial charge on any atom is 0.275 e. The zero-order valence-electron chi connectivity index (χ0n) is 16.3. The number of hydrogen-bond acceptors (Lipinski definition) is 5. The van der Waals surface area contributed by atoms with Crippen molar-refractivity contribution in [1.29, 1.82) is 0 Å². The number of aryl methyl sites for hydroxylation is 1. The minimum Gasteiger partial charge on any atom is -0.311 e. The van der Waals surface area contributed by atoms with Crippen molar-refractivity contribution >= 4 is 53.3 Å². The fourth-order valence-electron chi connectivity index (χ4n) is 3.12. The zero-order valence-corrected chi connectivity index (χ0v) is 18.0. The first-order chi connectivity index (χ1) is 14.1. The molecule has 2 heterocycles. The van der Waals surface area contributed by atoms with Gasteiger partial charge in [-0.2, -0.15) is 0 Å². The van der Waals surface area contributed by atoms with Crippen LogP contribution in [0, 0.1) is 19.8 Å². The molecule has 2 aromatic heterocycles. The number of benzene rings is 1. The lowest BCUT2D eigenvalue weighted by atomic mass is 10.0. The van der Waals surface area contributed by atoms with Gasteiger partial charge in [0.1, 0.15) is 5.69 Å². The molecule has 5 nitrogen and oxygen atoms in total. The van der Waals surface area contributed by atoms with Gasteiger partial charge in [0.25, 0.3) is 5.91 Å². The van der Waals surface area contributed by atoms with Crippen LogP contribution in [0.3, 0.4) is 0 Å². The maximum atomic E-state index is 12.9. The fourth-order valence-corrected chi connectivity index (χ4v) is 4.12. The molecule has 29 heavy (non-hydrogen) atoms. The predicted molar refractivity (Wildman–Crippen MR) is 124 cm³/mol. The Kier molecular flexibility index (Phi) is 5.69. The third kappa shape index (κ3) is 4.21. The molecular formula is C22H22N4OS2. The van der Waals surface area contributed by atoms with E-state index in [1.165, 1.54) is 28.8 Å². The van der Waals surface area contributed by atoms with Gasteiger partial charge in [-0.05, 0) is 54.9 Å². The molecule has 0 atom stereocenters. The minimum atomic E-state index is -0.241. The summed E-state index contributed by atoms with van der Waals surface area (Å²) in [6, 6.07) is 6.18. The van der Waals surface area contributed by atoms with Gasteiger partial charge >= 0.3 is 0 Å². The second-order valence-corrected chi connectivity index (χ2v) is 8.21. The van der Waals surface area contributed by atoms with Crippen LogP contribution in [0.1, 0.15) is 45.7 Å². The number of rotatable bonds is 6. The lowest BCUT2D eigenvalue weighted by Gasteiger charge is -2.04. The van der Waals surface area contributed by atoms with Crippen LogP contribution in [0.4, 0.5) is 0 Å². The molecule has 1 N–H and O–H groups in total. The number of allylic oxidation sites excluding steroid dienone is 1. The monoisotopic (exact) mass is 422 g/mol. The molecule has 4 rings (SSSR count). The van der Waals surface area contributed by atoms with Crippen molar-refractivity contribution in [3.05, 3.63) is 69.0 Å². The molecule has 0 aliphatic heterocycles. The lowest BCUT2D eigenvalue weighted by molar-refractivity contribution is 0.0972. The highest BCUT2D eigenvalue weighted by atomic mass is 32.1. The molecule has 1 amide bonds. The first-order valence-corrected chi connectivity index (χ1v) is 10.9. The van der Waals surface area contributed by atoms with Crippen LogP contribution in [0.25, 0.3) is 17.1 Å². The first-order valence-electron chi connectivity index (χ1n) is 9.46. The Labute approximate surface area is 179 Å². The Morgan fingerprint density at radius 3 is 2.93 bits per heavy atom. The number of carbonyl (C=O) groups is 1. The van der Waals surface area contributed by atoms with Gasteiger partial charge in [-0.25, -0.2) is 9.98 Å². The Balaban J connectivity index is 1.60. The minimum absolute atomic E-state index is 0.241. The maximum absolute atomic E-state index is 12.9. The second kappa shape index (κ2) is 8.39. The first kappa shape index (κ1) is 19.7. The lowest BCUT2D eigenvalue weighted by Crippen LogP contribution is -2.23. The van der Waals surface area contributed by atoms with Gasteiger partial charge in [0.15, 0.2) is 4.96 Å². The van der Waals surface area contributed by atoms with Gasteiger partial charge in [-0.3, -0.25) is 9.20 Å². The number of thiazole rings is 1. The second-order valence-electron chi connectivity index (χ2n) is 7.08. The van der Waals surface area contributed by atoms with Crippen molar-refractivity contribution in [1.82, 2.24) is 14.7 Å². The molecule has 148 valence electrons. The summed E-state index contributed by atoms with van der Waals surface area (Å²) in [6.07, 6.45) is 9.47. The molecule has 1 aromatic carbocycles. The number of thiol groups is 1. The van der Waals surface area contributed by atoms with Crippen molar-refractivity contribution in [2.75, 3.05) is 0 Å². The molecule has 1 fully saturated rings. The Morgan fingerprint density at radius 2 is 2.17 bits per heavy atom. The van der Waals surface area contributed by atoms with Gasteiger partial charge in [0.05, 0.1) is 17.7 Å². The third-order valence-electron chi connectivity index (χ3n) is 5.11. The van der Waals surface area contributed by atoms with E-state index in [4.69, 9.17) is 0 Å². The molecule has 7 heteroatoms. The number of nitrogens with zero attached hydrogens (tertiary/aromatic N) is 3. The van der Waals surface area contributed by atoms with Crippen molar-refractivity contribution in [2.45, 2.75) is 26.7 Å². The molecule has 0 saturated heterocycles. The van der Waals surface area contributed by atoms with Crippen LogP contribution in [0.5, 0.6) is 0 Å². The average Bonchev–Trinajstić information content (AvgIpc) is 3.35. The van der Waals surface area contributed by atoms with E-state index in [0.717, 1.165) is 29.1 Å². The van der Waals surface area contributed by atoms with E-state index in [1.54, 1.807) is 5.41 Å². The van der Waals surface area contributed by atoms with Gasteiger partial charge in [0, 0.05) is 17.5 Å². The van der Waals surface area contributed by atoms with E-state index in [-0.39, 0.29) is 5.91 Å². The van der Waals surface area contributed by atoms with E-state index in [2.05, 4.69) is 53.9 Å². The Bertz CT molecular complexity index is 1150. The highest BCUT2D eigenvalue weighted by molar-refractivity contribution is 7.83. The standard InChI is InChI=1S/C22H22N4OS2/c1-14-4-3-5-16(15(14)2)8-9-18-20(26-10-11-29-22(26)25-18)21(27)24-13-23-19(12-28)17-6-7-17/h3-5,8-13,17,28H,6-7H2,1-2H3,(H,23,24,27). The highest BCUT2D eigenvalue weighted by Gasteiger charge is 2.25. The third-order valence-corrected chi connectivity index (χ3v) is 6.13. The smallest absolute Gasteiger partial charge is 0.275 e. The summed E-state index contributed by atoms with van der Waals surface area (Å²) in [5.41, 5.74) is 5.60. The number of hydrogen-bond donors (Lipinski definition) is 2. The molecular weight excluding hydrogens is 400 g/mol. The quantitative estimate of drug-likeness (QED) is 0.329. The summed E-state index contributed by atoms with van der Waals surface area (Å²) in [6.45, 7) is 4.18. The summed E-state index contributed by atoms with van der Waals surface area (Å²) < 4.78 is 1.81. The number of aliphatic imine (C=N–C) groups is 1. The van der Waals surface area contributed by atoms with Crippen LogP contribution in [-0.4, -0.2) is 21.6 Å². The molecule has 1 saturated carbocycles. The number of carbonyl (C=O) groups excluding carboxylic acids is 1. The molecule has 0 spiro atoms. The molecule has 0 unspecified atom stereocenters. The number of nitrogens with one attached hydrogen (secondary N) is 1. The number of aromatic nitrogens is 2. The van der Waals surface area contributed by atoms with Crippen LogP contribution in [0.15, 0.2) is 45.9 Å². The van der Waals surface area contributed by atoms with Crippen molar-refractivity contribution in [3.63, 3.8) is 0 Å². The zero-order chi connectivity index (χ0) is 20.4. The topological polar surface area (TPSA) is 58.8 Å². The molecule has 0 bridgehead atoms. The SMILES string of the molecule is Cc1cccc(C=Cc2nc3sccn3c2C(=O)NC=NC(=CS)C2CC2)c1C. The molecule has 1 aliphatic rings. The summed E-state index contributed by atoms with van der Waals surface area (Å²) in [7, 11) is 0. The Hall–Kier alpha value is -2.64. The van der Waals surface area contributed by atoms with E-state index < -0.39 is 0 Å². The molecule has 3 aromatic rings. The van der Waals surface area contributed by atoms with Gasteiger partial charge < -0.3 is 5.32 Å². The van der Waals surface area contributed by atoms with Crippen molar-refractivity contribution in [3.8, 4) is 0 Å². The largest absolute Gasteiger partial charge is 0.311 e. The van der Waals surface area contributed by atoms with E-state index in [0.29, 0.717) is 17.3 Å². The van der Waals surface area contributed by atoms with E-state index in [1.807, 2.05) is 34.2 Å². The number of fused-ring (bicyclic) bond motifs is 1. The number of imidazole rings is 1.